The molecule has 0 radical (unpaired) electrons. The van der Waals surface area contributed by atoms with Crippen molar-refractivity contribution in [1.82, 2.24) is 15.1 Å². The molecule has 6 heteroatoms. The normalized spacial score (nSPS) is 12.1. The van der Waals surface area contributed by atoms with E-state index in [2.05, 4.69) is 10.4 Å². The molecule has 0 fully saturated rings. The van der Waals surface area contributed by atoms with Crippen molar-refractivity contribution < 1.29 is 4.79 Å². The lowest BCUT2D eigenvalue weighted by molar-refractivity contribution is -0.122. The molecule has 1 N–H and O–H groups in total. The van der Waals surface area contributed by atoms with Gasteiger partial charge in [-0.1, -0.05) is 48.9 Å². The Morgan fingerprint density at radius 2 is 1.92 bits per heavy atom. The standard InChI is InChI=1S/C20H20ClN3O2/c1-3-18(14-7-6-8-15(21)11-14)22-19(25)12-24-20(26)17-10-5-4-9-16(17)13(2)23-24/h4-11,18H,3,12H2,1-2H3,(H,22,25). The van der Waals surface area contributed by atoms with Crippen LogP contribution in [0.25, 0.3) is 10.8 Å². The van der Waals surface area contributed by atoms with Crippen LogP contribution in [0.15, 0.2) is 53.3 Å². The van der Waals surface area contributed by atoms with Crippen LogP contribution in [0.4, 0.5) is 0 Å². The molecule has 1 unspecified atom stereocenters. The van der Waals surface area contributed by atoms with Gasteiger partial charge in [0.2, 0.25) is 5.91 Å². The third-order valence-electron chi connectivity index (χ3n) is 4.34. The Balaban J connectivity index is 1.83. The molecular weight excluding hydrogens is 350 g/mol. The lowest BCUT2D eigenvalue weighted by Gasteiger charge is -2.18. The lowest BCUT2D eigenvalue weighted by atomic mass is 10.0. The highest BCUT2D eigenvalue weighted by molar-refractivity contribution is 6.30. The van der Waals surface area contributed by atoms with E-state index >= 15 is 0 Å². The summed E-state index contributed by atoms with van der Waals surface area (Å²) < 4.78 is 1.22. The molecule has 1 aromatic heterocycles. The Morgan fingerprint density at radius 1 is 1.19 bits per heavy atom. The van der Waals surface area contributed by atoms with Crippen LogP contribution in [0.3, 0.4) is 0 Å². The van der Waals surface area contributed by atoms with Gasteiger partial charge in [-0.25, -0.2) is 4.68 Å². The maximum Gasteiger partial charge on any atom is 0.275 e. The fraction of sp³-hybridized carbons (Fsp3) is 0.250. The van der Waals surface area contributed by atoms with E-state index in [0.717, 1.165) is 16.6 Å². The van der Waals surface area contributed by atoms with Gasteiger partial charge in [-0.2, -0.15) is 5.10 Å². The number of rotatable bonds is 5. The smallest absolute Gasteiger partial charge is 0.275 e. The fourth-order valence-electron chi connectivity index (χ4n) is 3.03. The Hall–Kier alpha value is -2.66. The van der Waals surface area contributed by atoms with E-state index < -0.39 is 0 Å². The van der Waals surface area contributed by atoms with Crippen molar-refractivity contribution in [2.24, 2.45) is 0 Å². The van der Waals surface area contributed by atoms with Crippen molar-refractivity contribution in [3.63, 3.8) is 0 Å². The molecule has 0 aliphatic rings. The van der Waals surface area contributed by atoms with E-state index in [-0.39, 0.29) is 24.1 Å². The van der Waals surface area contributed by atoms with Crippen LogP contribution in [0, 0.1) is 6.92 Å². The quantitative estimate of drug-likeness (QED) is 0.747. The summed E-state index contributed by atoms with van der Waals surface area (Å²) in [7, 11) is 0. The first-order valence-electron chi connectivity index (χ1n) is 8.51. The number of aryl methyl sites for hydroxylation is 1. The molecule has 26 heavy (non-hydrogen) atoms. The summed E-state index contributed by atoms with van der Waals surface area (Å²) in [4.78, 5) is 25.1. The third-order valence-corrected chi connectivity index (χ3v) is 4.58. The van der Waals surface area contributed by atoms with Crippen LogP contribution in [0.5, 0.6) is 0 Å². The Labute approximate surface area is 156 Å². The molecule has 1 amide bonds. The van der Waals surface area contributed by atoms with Gasteiger partial charge in [-0.3, -0.25) is 9.59 Å². The largest absolute Gasteiger partial charge is 0.348 e. The van der Waals surface area contributed by atoms with Crippen molar-refractivity contribution in [3.8, 4) is 0 Å². The van der Waals surface area contributed by atoms with Crippen molar-refractivity contribution in [1.29, 1.82) is 0 Å². The number of fused-ring (bicyclic) bond motifs is 1. The second kappa shape index (κ2) is 7.70. The molecular formula is C20H20ClN3O2. The number of halogens is 1. The van der Waals surface area contributed by atoms with E-state index in [0.29, 0.717) is 16.8 Å². The fourth-order valence-corrected chi connectivity index (χ4v) is 3.23. The van der Waals surface area contributed by atoms with Gasteiger partial charge in [0.1, 0.15) is 6.54 Å². The SMILES string of the molecule is CCC(NC(=O)Cn1nc(C)c2ccccc2c1=O)c1cccc(Cl)c1. The van der Waals surface area contributed by atoms with Crippen LogP contribution in [0.1, 0.15) is 30.6 Å². The summed E-state index contributed by atoms with van der Waals surface area (Å²) in [5.74, 6) is -0.263. The third kappa shape index (κ3) is 3.78. The maximum absolute atomic E-state index is 12.6. The van der Waals surface area contributed by atoms with E-state index in [1.807, 2.05) is 44.2 Å². The first kappa shape index (κ1) is 18.1. The van der Waals surface area contributed by atoms with Gasteiger partial charge in [-0.05, 0) is 37.1 Å². The lowest BCUT2D eigenvalue weighted by Crippen LogP contribution is -2.36. The Bertz CT molecular complexity index is 1010. The summed E-state index contributed by atoms with van der Waals surface area (Å²) >= 11 is 6.04. The molecule has 0 saturated heterocycles. The van der Waals surface area contributed by atoms with E-state index in [9.17, 15) is 9.59 Å². The summed E-state index contributed by atoms with van der Waals surface area (Å²) in [5, 5.41) is 9.23. The molecule has 0 spiro atoms. The predicted molar refractivity (Wildman–Crippen MR) is 103 cm³/mol. The highest BCUT2D eigenvalue weighted by Gasteiger charge is 2.15. The van der Waals surface area contributed by atoms with Crippen molar-refractivity contribution in [3.05, 3.63) is 75.2 Å². The number of amides is 1. The summed E-state index contributed by atoms with van der Waals surface area (Å²) in [6.45, 7) is 3.69. The van der Waals surface area contributed by atoms with Gasteiger partial charge in [0.25, 0.3) is 5.56 Å². The van der Waals surface area contributed by atoms with Crippen LogP contribution < -0.4 is 10.9 Å². The number of hydrogen-bond donors (Lipinski definition) is 1. The zero-order chi connectivity index (χ0) is 18.7. The zero-order valence-corrected chi connectivity index (χ0v) is 15.5. The zero-order valence-electron chi connectivity index (χ0n) is 14.7. The first-order chi connectivity index (χ1) is 12.5. The van der Waals surface area contributed by atoms with Gasteiger partial charge in [0, 0.05) is 10.4 Å². The summed E-state index contributed by atoms with van der Waals surface area (Å²) in [6, 6.07) is 14.5. The average molecular weight is 370 g/mol. The average Bonchev–Trinajstić information content (AvgIpc) is 2.64. The molecule has 3 aromatic rings. The highest BCUT2D eigenvalue weighted by Crippen LogP contribution is 2.20. The first-order valence-corrected chi connectivity index (χ1v) is 8.88. The van der Waals surface area contributed by atoms with Crippen LogP contribution in [0.2, 0.25) is 5.02 Å². The monoisotopic (exact) mass is 369 g/mol. The van der Waals surface area contributed by atoms with Gasteiger partial charge >= 0.3 is 0 Å². The molecule has 1 atom stereocenters. The predicted octanol–water partition coefficient (Wildman–Crippen LogP) is 3.63. The number of benzene rings is 2. The van der Waals surface area contributed by atoms with Crippen LogP contribution >= 0.6 is 11.6 Å². The minimum atomic E-state index is -0.267. The number of nitrogens with one attached hydrogen (secondary N) is 1. The highest BCUT2D eigenvalue weighted by atomic mass is 35.5. The van der Waals surface area contributed by atoms with E-state index in [4.69, 9.17) is 11.6 Å². The second-order valence-corrected chi connectivity index (χ2v) is 6.61. The van der Waals surface area contributed by atoms with Gasteiger partial charge in [0.05, 0.1) is 17.1 Å². The molecule has 134 valence electrons. The summed E-state index contributed by atoms with van der Waals surface area (Å²) in [5.41, 5.74) is 1.38. The topological polar surface area (TPSA) is 64.0 Å². The molecule has 2 aromatic carbocycles. The summed E-state index contributed by atoms with van der Waals surface area (Å²) in [6.07, 6.45) is 0.713. The van der Waals surface area contributed by atoms with Crippen molar-refractivity contribution >= 4 is 28.3 Å². The Morgan fingerprint density at radius 3 is 2.62 bits per heavy atom. The van der Waals surface area contributed by atoms with Crippen LogP contribution in [-0.4, -0.2) is 15.7 Å². The Kier molecular flexibility index (Phi) is 5.38. The number of hydrogen-bond acceptors (Lipinski definition) is 3. The molecule has 0 bridgehead atoms. The van der Waals surface area contributed by atoms with Crippen LogP contribution in [-0.2, 0) is 11.3 Å². The molecule has 0 saturated carbocycles. The van der Waals surface area contributed by atoms with Gasteiger partial charge < -0.3 is 5.32 Å². The molecule has 1 heterocycles. The number of carbonyl (C=O) groups is 1. The molecule has 0 aliphatic heterocycles. The minimum Gasteiger partial charge on any atom is -0.348 e. The van der Waals surface area contributed by atoms with Gasteiger partial charge in [-0.15, -0.1) is 0 Å². The van der Waals surface area contributed by atoms with E-state index in [1.165, 1.54) is 4.68 Å². The number of carbonyl (C=O) groups excluding carboxylic acids is 1. The maximum atomic E-state index is 12.6. The minimum absolute atomic E-state index is 0.123. The second-order valence-electron chi connectivity index (χ2n) is 6.18. The number of nitrogens with zero attached hydrogens (tertiary/aromatic N) is 2. The van der Waals surface area contributed by atoms with Gasteiger partial charge in [0.15, 0.2) is 0 Å². The molecule has 3 rings (SSSR count). The van der Waals surface area contributed by atoms with Crippen molar-refractivity contribution in [2.75, 3.05) is 0 Å². The number of aromatic nitrogens is 2. The molecule has 0 aliphatic carbocycles. The molecule has 5 nitrogen and oxygen atoms in total. The van der Waals surface area contributed by atoms with E-state index in [1.54, 1.807) is 18.2 Å². The van der Waals surface area contributed by atoms with Crippen molar-refractivity contribution in [2.45, 2.75) is 32.9 Å².